The van der Waals surface area contributed by atoms with Gasteiger partial charge in [-0.2, -0.15) is 13.2 Å². The third-order valence-corrected chi connectivity index (χ3v) is 3.94. The van der Waals surface area contributed by atoms with Crippen LogP contribution >= 0.6 is 0 Å². The molecule has 0 bridgehead atoms. The minimum Gasteiger partial charge on any atom is -0.378 e. The highest BCUT2D eigenvalue weighted by Crippen LogP contribution is 2.20. The molecule has 0 aliphatic heterocycles. The van der Waals surface area contributed by atoms with Crippen LogP contribution in [0.1, 0.15) is 57.8 Å². The van der Waals surface area contributed by atoms with Gasteiger partial charge in [-0.15, -0.1) is 0 Å². The van der Waals surface area contributed by atoms with Crippen molar-refractivity contribution < 1.29 is 17.9 Å². The van der Waals surface area contributed by atoms with Gasteiger partial charge in [0.15, 0.2) is 5.96 Å². The zero-order valence-corrected chi connectivity index (χ0v) is 14.1. The molecule has 0 heterocycles. The van der Waals surface area contributed by atoms with Gasteiger partial charge in [0.25, 0.3) is 0 Å². The molecule has 1 saturated carbocycles. The number of nitrogens with one attached hydrogen (secondary N) is 2. The van der Waals surface area contributed by atoms with Gasteiger partial charge >= 0.3 is 6.18 Å². The van der Waals surface area contributed by atoms with Crippen LogP contribution < -0.4 is 10.6 Å². The summed E-state index contributed by atoms with van der Waals surface area (Å²) in [5.41, 5.74) is 0. The Kier molecular flexibility index (Phi) is 10.1. The fraction of sp³-hybridized carbons (Fsp3) is 0.938. The predicted octanol–water partition coefficient (Wildman–Crippen LogP) is 3.62. The lowest BCUT2D eigenvalue weighted by atomic mass is 9.98. The molecule has 1 aliphatic rings. The molecule has 7 heteroatoms. The first kappa shape index (κ1) is 20.1. The Hall–Kier alpha value is -0.980. The summed E-state index contributed by atoms with van der Waals surface area (Å²) in [6, 6.07) is 0. The van der Waals surface area contributed by atoms with Crippen molar-refractivity contribution in [3.05, 3.63) is 0 Å². The van der Waals surface area contributed by atoms with E-state index < -0.39 is 12.6 Å². The Bertz CT molecular complexity index is 329. The molecule has 0 atom stereocenters. The Morgan fingerprint density at radius 3 is 2.39 bits per heavy atom. The normalized spacial score (nSPS) is 17.3. The molecule has 0 amide bonds. The molecule has 4 nitrogen and oxygen atoms in total. The van der Waals surface area contributed by atoms with E-state index in [9.17, 15) is 13.2 Å². The molecule has 136 valence electrons. The largest absolute Gasteiger partial charge is 0.390 e. The number of hydrogen-bond donors (Lipinski definition) is 2. The van der Waals surface area contributed by atoms with Crippen LogP contribution in [0.15, 0.2) is 4.99 Å². The molecular weight excluding hydrogens is 307 g/mol. The smallest absolute Gasteiger partial charge is 0.378 e. The molecule has 0 spiro atoms. The van der Waals surface area contributed by atoms with Crippen molar-refractivity contribution in [2.75, 3.05) is 26.7 Å². The number of aliphatic imine (C=N–C) groups is 1. The Morgan fingerprint density at radius 1 is 1.04 bits per heavy atom. The summed E-state index contributed by atoms with van der Waals surface area (Å²) in [5, 5.41) is 5.69. The highest BCUT2D eigenvalue weighted by Gasteiger charge is 2.26. The monoisotopic (exact) mass is 337 g/mol. The second kappa shape index (κ2) is 11.5. The SMILES string of the molecule is CN=C(NCCCCCOC1CCCCC1)NCCC(F)(F)F. The van der Waals surface area contributed by atoms with E-state index in [0.29, 0.717) is 18.6 Å². The van der Waals surface area contributed by atoms with Crippen LogP contribution in [0, 0.1) is 0 Å². The third kappa shape index (κ3) is 11.2. The molecule has 0 saturated heterocycles. The number of nitrogens with zero attached hydrogens (tertiary/aromatic N) is 1. The fourth-order valence-corrected chi connectivity index (χ4v) is 2.64. The zero-order valence-electron chi connectivity index (χ0n) is 14.1. The average Bonchev–Trinajstić information content (AvgIpc) is 2.52. The molecule has 1 aliphatic carbocycles. The van der Waals surface area contributed by atoms with Crippen LogP contribution in [-0.4, -0.2) is 45.0 Å². The lowest BCUT2D eigenvalue weighted by Gasteiger charge is -2.21. The van der Waals surface area contributed by atoms with Gasteiger partial charge in [0.1, 0.15) is 0 Å². The van der Waals surface area contributed by atoms with Gasteiger partial charge in [0, 0.05) is 26.7 Å². The maximum Gasteiger partial charge on any atom is 0.390 e. The molecule has 1 rings (SSSR count). The van der Waals surface area contributed by atoms with E-state index in [1.54, 1.807) is 7.05 Å². The molecule has 0 unspecified atom stereocenters. The van der Waals surface area contributed by atoms with Crippen LogP contribution in [0.25, 0.3) is 0 Å². The number of halogens is 3. The summed E-state index contributed by atoms with van der Waals surface area (Å²) in [6.45, 7) is 1.36. The average molecular weight is 337 g/mol. The number of rotatable bonds is 9. The molecular formula is C16H30F3N3O. The number of hydrogen-bond acceptors (Lipinski definition) is 2. The van der Waals surface area contributed by atoms with Crippen molar-refractivity contribution in [3.8, 4) is 0 Å². The van der Waals surface area contributed by atoms with E-state index in [0.717, 1.165) is 25.9 Å². The first-order chi connectivity index (χ1) is 11.0. The Morgan fingerprint density at radius 2 is 1.74 bits per heavy atom. The molecule has 23 heavy (non-hydrogen) atoms. The summed E-state index contributed by atoms with van der Waals surface area (Å²) >= 11 is 0. The van der Waals surface area contributed by atoms with Gasteiger partial charge in [0.2, 0.25) is 0 Å². The first-order valence-corrected chi connectivity index (χ1v) is 8.64. The van der Waals surface area contributed by atoms with E-state index in [-0.39, 0.29) is 6.54 Å². The standard InChI is InChI=1S/C16H30F3N3O/c1-20-15(22-12-10-16(17,18)19)21-11-6-3-7-13-23-14-8-4-2-5-9-14/h14H,2-13H2,1H3,(H2,20,21,22). The number of guanidine groups is 1. The van der Waals surface area contributed by atoms with Gasteiger partial charge in [-0.05, 0) is 32.1 Å². The summed E-state index contributed by atoms with van der Waals surface area (Å²) in [6.07, 6.45) is 4.79. The summed E-state index contributed by atoms with van der Waals surface area (Å²) in [7, 11) is 1.56. The van der Waals surface area contributed by atoms with Crippen LogP contribution in [0.4, 0.5) is 13.2 Å². The van der Waals surface area contributed by atoms with Crippen LogP contribution in [0.5, 0.6) is 0 Å². The van der Waals surface area contributed by atoms with E-state index >= 15 is 0 Å². The molecule has 0 radical (unpaired) electrons. The molecule has 0 aromatic rings. The number of alkyl halides is 3. The highest BCUT2D eigenvalue weighted by atomic mass is 19.4. The van der Waals surface area contributed by atoms with Gasteiger partial charge in [-0.25, -0.2) is 0 Å². The Balaban J connectivity index is 1.94. The van der Waals surface area contributed by atoms with Gasteiger partial charge in [-0.3, -0.25) is 4.99 Å². The zero-order chi connectivity index (χ0) is 17.0. The van der Waals surface area contributed by atoms with E-state index in [1.807, 2.05) is 0 Å². The van der Waals surface area contributed by atoms with E-state index in [2.05, 4.69) is 15.6 Å². The van der Waals surface area contributed by atoms with E-state index in [4.69, 9.17) is 4.74 Å². The Labute approximate surface area is 137 Å². The van der Waals surface area contributed by atoms with Crippen molar-refractivity contribution in [2.24, 2.45) is 4.99 Å². The lowest BCUT2D eigenvalue weighted by molar-refractivity contribution is -0.132. The highest BCUT2D eigenvalue weighted by molar-refractivity contribution is 5.79. The second-order valence-electron chi connectivity index (χ2n) is 5.98. The van der Waals surface area contributed by atoms with Crippen molar-refractivity contribution in [3.63, 3.8) is 0 Å². The van der Waals surface area contributed by atoms with Crippen molar-refractivity contribution >= 4 is 5.96 Å². The molecule has 1 fully saturated rings. The van der Waals surface area contributed by atoms with Gasteiger partial charge in [-0.1, -0.05) is 19.3 Å². The second-order valence-corrected chi connectivity index (χ2v) is 5.98. The maximum absolute atomic E-state index is 12.1. The van der Waals surface area contributed by atoms with Crippen LogP contribution in [-0.2, 0) is 4.74 Å². The molecule has 2 N–H and O–H groups in total. The molecule has 0 aromatic carbocycles. The minimum absolute atomic E-state index is 0.154. The minimum atomic E-state index is -4.13. The quantitative estimate of drug-likeness (QED) is 0.384. The number of unbranched alkanes of at least 4 members (excludes halogenated alkanes) is 2. The third-order valence-electron chi connectivity index (χ3n) is 3.94. The van der Waals surface area contributed by atoms with Crippen LogP contribution in [0.2, 0.25) is 0 Å². The number of ether oxygens (including phenoxy) is 1. The summed E-state index contributed by atoms with van der Waals surface area (Å²) in [4.78, 5) is 3.91. The molecule has 0 aromatic heterocycles. The summed E-state index contributed by atoms with van der Waals surface area (Å²) < 4.78 is 42.0. The van der Waals surface area contributed by atoms with Gasteiger partial charge < -0.3 is 15.4 Å². The topological polar surface area (TPSA) is 45.7 Å². The van der Waals surface area contributed by atoms with Gasteiger partial charge in [0.05, 0.1) is 12.5 Å². The lowest BCUT2D eigenvalue weighted by Crippen LogP contribution is -2.39. The first-order valence-electron chi connectivity index (χ1n) is 8.64. The van der Waals surface area contributed by atoms with Crippen LogP contribution in [0.3, 0.4) is 0 Å². The van der Waals surface area contributed by atoms with Crippen molar-refractivity contribution in [1.82, 2.24) is 10.6 Å². The summed E-state index contributed by atoms with van der Waals surface area (Å²) in [5.74, 6) is 0.424. The van der Waals surface area contributed by atoms with E-state index in [1.165, 1.54) is 32.1 Å². The fourth-order valence-electron chi connectivity index (χ4n) is 2.64. The maximum atomic E-state index is 12.1. The van der Waals surface area contributed by atoms with Crippen molar-refractivity contribution in [1.29, 1.82) is 0 Å². The van der Waals surface area contributed by atoms with Crippen molar-refractivity contribution in [2.45, 2.75) is 70.1 Å². The predicted molar refractivity (Wildman–Crippen MR) is 86.7 cm³/mol.